The van der Waals surface area contributed by atoms with Crippen molar-refractivity contribution in [3.63, 3.8) is 0 Å². The van der Waals surface area contributed by atoms with Crippen molar-refractivity contribution in [1.29, 1.82) is 0 Å². The fourth-order valence-electron chi connectivity index (χ4n) is 1.07. The predicted octanol–water partition coefficient (Wildman–Crippen LogP) is 2.64. The van der Waals surface area contributed by atoms with Gasteiger partial charge in [-0.05, 0) is 20.3 Å². The van der Waals surface area contributed by atoms with Gasteiger partial charge in [-0.15, -0.1) is 11.3 Å². The molecule has 2 heterocycles. The molecular formula is C14H20N2O3S. The molecule has 0 aliphatic carbocycles. The Kier molecular flexibility index (Phi) is 8.95. The van der Waals surface area contributed by atoms with Crippen molar-refractivity contribution in [2.75, 3.05) is 6.54 Å². The lowest BCUT2D eigenvalue weighted by Crippen LogP contribution is -2.12. The van der Waals surface area contributed by atoms with Crippen molar-refractivity contribution in [1.82, 2.24) is 10.3 Å². The van der Waals surface area contributed by atoms with Gasteiger partial charge in [-0.1, -0.05) is 19.2 Å². The summed E-state index contributed by atoms with van der Waals surface area (Å²) in [6.45, 7) is 11.1. The zero-order valence-corrected chi connectivity index (χ0v) is 12.6. The first kappa shape index (κ1) is 18.0. The summed E-state index contributed by atoms with van der Waals surface area (Å²) < 4.78 is 0. The second kappa shape index (κ2) is 9.91. The molecule has 0 radical (unpaired) electrons. The molecule has 110 valence electrons. The molecule has 1 aliphatic heterocycles. The smallest absolute Gasteiger partial charge is 0.330 e. The van der Waals surface area contributed by atoms with Crippen LogP contribution in [0.1, 0.15) is 30.3 Å². The van der Waals surface area contributed by atoms with Crippen molar-refractivity contribution in [2.45, 2.75) is 26.7 Å². The Labute approximate surface area is 123 Å². The molecule has 0 aromatic carbocycles. The van der Waals surface area contributed by atoms with E-state index in [0.29, 0.717) is 0 Å². The van der Waals surface area contributed by atoms with Crippen LogP contribution in [0.25, 0.3) is 6.08 Å². The zero-order valence-electron chi connectivity index (χ0n) is 11.8. The Hall–Kier alpha value is -1.95. The monoisotopic (exact) mass is 296 g/mol. The molecule has 1 aliphatic rings. The highest BCUT2D eigenvalue weighted by molar-refractivity contribution is 7.10. The second-order valence-corrected chi connectivity index (χ2v) is 4.93. The van der Waals surface area contributed by atoms with E-state index in [4.69, 9.17) is 5.11 Å². The quantitative estimate of drug-likeness (QED) is 0.822. The maximum Gasteiger partial charge on any atom is 0.330 e. The van der Waals surface area contributed by atoms with Gasteiger partial charge in [0.25, 0.3) is 0 Å². The van der Waals surface area contributed by atoms with Crippen LogP contribution in [0.15, 0.2) is 24.2 Å². The number of carbonyl (C=O) groups is 2. The van der Waals surface area contributed by atoms with Crippen molar-refractivity contribution in [3.05, 3.63) is 34.8 Å². The van der Waals surface area contributed by atoms with Gasteiger partial charge in [0.05, 0.1) is 11.2 Å². The minimum Gasteiger partial charge on any atom is -0.478 e. The number of amides is 1. The summed E-state index contributed by atoms with van der Waals surface area (Å²) in [7, 11) is 0. The maximum atomic E-state index is 10.1. The van der Waals surface area contributed by atoms with E-state index in [1.54, 1.807) is 11.3 Å². The number of nitrogens with one attached hydrogen (secondary N) is 1. The SMILES string of the molecule is C=C(C)C(=O)O.C=Cc1scnc1C.O=C1CCCN1. The fraction of sp³-hybridized carbons (Fsp3) is 0.357. The highest BCUT2D eigenvalue weighted by Gasteiger charge is 2.05. The second-order valence-electron chi connectivity index (χ2n) is 4.05. The van der Waals surface area contributed by atoms with Crippen LogP contribution in [0.4, 0.5) is 0 Å². The van der Waals surface area contributed by atoms with E-state index in [1.165, 1.54) is 11.8 Å². The summed E-state index contributed by atoms with van der Waals surface area (Å²) in [6.07, 6.45) is 3.59. The Morgan fingerprint density at radius 3 is 2.35 bits per heavy atom. The first-order valence-corrected chi connectivity index (χ1v) is 6.94. The molecule has 0 bridgehead atoms. The van der Waals surface area contributed by atoms with Crippen LogP contribution in [-0.2, 0) is 9.59 Å². The molecule has 1 aromatic rings. The van der Waals surface area contributed by atoms with Crippen molar-refractivity contribution >= 4 is 29.3 Å². The average molecular weight is 296 g/mol. The van der Waals surface area contributed by atoms with Gasteiger partial charge in [0.2, 0.25) is 5.91 Å². The summed E-state index contributed by atoms with van der Waals surface area (Å²) in [6, 6.07) is 0. The van der Waals surface area contributed by atoms with Crippen LogP contribution in [0.3, 0.4) is 0 Å². The van der Waals surface area contributed by atoms with Crippen LogP contribution in [0.5, 0.6) is 0 Å². The van der Waals surface area contributed by atoms with Crippen LogP contribution in [0.2, 0.25) is 0 Å². The molecular weight excluding hydrogens is 276 g/mol. The van der Waals surface area contributed by atoms with E-state index < -0.39 is 5.97 Å². The van der Waals surface area contributed by atoms with E-state index in [-0.39, 0.29) is 11.5 Å². The summed E-state index contributed by atoms with van der Waals surface area (Å²) >= 11 is 1.62. The highest BCUT2D eigenvalue weighted by atomic mass is 32.1. The molecule has 0 atom stereocenters. The molecule has 2 rings (SSSR count). The van der Waals surface area contributed by atoms with E-state index in [0.717, 1.165) is 25.1 Å². The van der Waals surface area contributed by atoms with Crippen LogP contribution >= 0.6 is 11.3 Å². The van der Waals surface area contributed by atoms with Gasteiger partial charge >= 0.3 is 5.97 Å². The highest BCUT2D eigenvalue weighted by Crippen LogP contribution is 2.11. The number of hydrogen-bond donors (Lipinski definition) is 2. The molecule has 5 nitrogen and oxygen atoms in total. The van der Waals surface area contributed by atoms with E-state index in [9.17, 15) is 9.59 Å². The normalized spacial score (nSPS) is 12.2. The Balaban J connectivity index is 0.000000276. The molecule has 2 N–H and O–H groups in total. The largest absolute Gasteiger partial charge is 0.478 e. The first-order valence-electron chi connectivity index (χ1n) is 6.06. The van der Waals surface area contributed by atoms with Gasteiger partial charge in [0.1, 0.15) is 0 Å². The summed E-state index contributed by atoms with van der Waals surface area (Å²) in [5, 5.41) is 10.6. The van der Waals surface area contributed by atoms with Gasteiger partial charge in [-0.3, -0.25) is 4.79 Å². The van der Waals surface area contributed by atoms with Gasteiger partial charge in [-0.2, -0.15) is 0 Å². The van der Waals surface area contributed by atoms with E-state index in [1.807, 2.05) is 18.5 Å². The fourth-order valence-corrected chi connectivity index (χ4v) is 1.72. The van der Waals surface area contributed by atoms with Gasteiger partial charge in [0.15, 0.2) is 0 Å². The van der Waals surface area contributed by atoms with Crippen molar-refractivity contribution in [2.24, 2.45) is 0 Å². The number of thiazole rings is 1. The third-order valence-electron chi connectivity index (χ3n) is 2.24. The summed E-state index contributed by atoms with van der Waals surface area (Å²) in [5.41, 5.74) is 3.08. The number of nitrogens with zero attached hydrogens (tertiary/aromatic N) is 1. The third kappa shape index (κ3) is 8.20. The Morgan fingerprint density at radius 2 is 2.20 bits per heavy atom. The first-order chi connectivity index (χ1) is 9.38. The van der Waals surface area contributed by atoms with Crippen LogP contribution in [-0.4, -0.2) is 28.5 Å². The molecule has 0 spiro atoms. The number of carboxylic acid groups (broad SMARTS) is 1. The number of rotatable bonds is 2. The van der Waals surface area contributed by atoms with Gasteiger partial charge < -0.3 is 10.4 Å². The molecule has 6 heteroatoms. The number of aliphatic carboxylic acids is 1. The number of hydrogen-bond acceptors (Lipinski definition) is 4. The van der Waals surface area contributed by atoms with Crippen molar-refractivity contribution < 1.29 is 14.7 Å². The molecule has 0 saturated carbocycles. The lowest BCUT2D eigenvalue weighted by Gasteiger charge is -1.80. The number of aromatic nitrogens is 1. The Morgan fingerprint density at radius 1 is 1.60 bits per heavy atom. The van der Waals surface area contributed by atoms with Crippen LogP contribution < -0.4 is 5.32 Å². The van der Waals surface area contributed by atoms with Crippen molar-refractivity contribution in [3.8, 4) is 0 Å². The van der Waals surface area contributed by atoms with Gasteiger partial charge in [-0.25, -0.2) is 9.78 Å². The topological polar surface area (TPSA) is 79.3 Å². The summed E-state index contributed by atoms with van der Waals surface area (Å²) in [4.78, 5) is 24.9. The maximum absolute atomic E-state index is 10.1. The number of carboxylic acids is 1. The number of carbonyl (C=O) groups excluding carboxylic acids is 1. The molecule has 1 fully saturated rings. The summed E-state index contributed by atoms with van der Waals surface area (Å²) in [5.74, 6) is -0.731. The van der Waals surface area contributed by atoms with E-state index >= 15 is 0 Å². The minimum atomic E-state index is -0.935. The van der Waals surface area contributed by atoms with Crippen LogP contribution in [0, 0.1) is 6.92 Å². The zero-order chi connectivity index (χ0) is 15.5. The minimum absolute atomic E-state index is 0.176. The van der Waals surface area contributed by atoms with Gasteiger partial charge in [0, 0.05) is 23.4 Å². The average Bonchev–Trinajstić information content (AvgIpc) is 3.01. The third-order valence-corrected chi connectivity index (χ3v) is 3.16. The Bertz CT molecular complexity index is 461. The predicted molar refractivity (Wildman–Crippen MR) is 81.6 cm³/mol. The standard InChI is InChI=1S/C6H7NS.C4H7NO.C4H6O2/c1-3-6-5(2)7-4-8-6;6-4-2-1-3-5-4;1-3(2)4(5)6/h3-4H,1H2,2H3;1-3H2,(H,5,6);1H2,2H3,(H,5,6). The molecule has 1 aromatic heterocycles. The van der Waals surface area contributed by atoms with E-state index in [2.05, 4.69) is 23.5 Å². The number of aryl methyl sites for hydroxylation is 1. The molecule has 0 unspecified atom stereocenters. The lowest BCUT2D eigenvalue weighted by molar-refractivity contribution is -0.132. The molecule has 20 heavy (non-hydrogen) atoms. The molecule has 1 amide bonds. The molecule has 1 saturated heterocycles. The lowest BCUT2D eigenvalue weighted by atomic mass is 10.4.